The van der Waals surface area contributed by atoms with Crippen LogP contribution in [-0.2, 0) is 0 Å². The molecule has 4 aromatic heterocycles. The predicted octanol–water partition coefficient (Wildman–Crippen LogP) is 19.7. The van der Waals surface area contributed by atoms with E-state index in [-0.39, 0.29) is 0 Å². The molecule has 0 fully saturated rings. The van der Waals surface area contributed by atoms with Gasteiger partial charge < -0.3 is 9.13 Å². The molecule has 0 radical (unpaired) electrons. The van der Waals surface area contributed by atoms with Gasteiger partial charge in [0.25, 0.3) is 0 Å². The molecule has 0 atom stereocenters. The molecule has 0 saturated carbocycles. The average Bonchev–Trinajstić information content (AvgIpc) is 4.23. The van der Waals surface area contributed by atoms with Crippen molar-refractivity contribution in [2.45, 2.75) is 0 Å². The summed E-state index contributed by atoms with van der Waals surface area (Å²) in [4.78, 5) is 4.60. The molecule has 4 heterocycles. The Morgan fingerprint density at radius 1 is 0.392 bits per heavy atom. The highest BCUT2D eigenvalue weighted by atomic mass is 32.1. The van der Waals surface area contributed by atoms with Crippen molar-refractivity contribution in [3.05, 3.63) is 248 Å². The van der Waals surface area contributed by atoms with Gasteiger partial charge in [-0.25, -0.2) is 4.85 Å². The number of rotatable bonds is 6. The lowest BCUT2D eigenvalue weighted by Crippen LogP contribution is -2.09. The number of para-hydroxylation sites is 2. The van der Waals surface area contributed by atoms with Crippen LogP contribution in [-0.4, -0.2) is 9.13 Å². The normalized spacial score (nSPS) is 11.8. The van der Waals surface area contributed by atoms with Crippen molar-refractivity contribution in [2.24, 2.45) is 0 Å². The third-order valence-corrected chi connectivity index (χ3v) is 17.3. The van der Waals surface area contributed by atoms with Gasteiger partial charge in [-0.1, -0.05) is 194 Å². The maximum atomic E-state index is 12.4. The summed E-state index contributed by atoms with van der Waals surface area (Å²) in [5.41, 5.74) is 13.8. The summed E-state index contributed by atoms with van der Waals surface area (Å²) >= 11 is 3.61. The van der Waals surface area contributed by atoms with Crippen LogP contribution in [0.2, 0.25) is 0 Å². The quantitative estimate of drug-likeness (QED) is 0.153. The molecule has 15 aromatic rings. The molecule has 11 aromatic carbocycles. The van der Waals surface area contributed by atoms with E-state index in [9.17, 15) is 11.8 Å². The van der Waals surface area contributed by atoms with Crippen LogP contribution < -0.4 is 0 Å². The van der Waals surface area contributed by atoms with Crippen molar-refractivity contribution in [1.29, 1.82) is 5.26 Å². The molecule has 0 aliphatic carbocycles. The van der Waals surface area contributed by atoms with Crippen LogP contribution in [0.1, 0.15) is 5.56 Å². The first kappa shape index (κ1) is 42.2. The number of fused-ring (bicyclic) bond motifs is 14. The van der Waals surface area contributed by atoms with Gasteiger partial charge in [0.05, 0.1) is 55.0 Å². The summed E-state index contributed by atoms with van der Waals surface area (Å²) in [6, 6.07) is 84.5. The second kappa shape index (κ2) is 16.5. The molecule has 0 N–H and O–H groups in total. The molecular formula is C68H38N4S2. The van der Waals surface area contributed by atoms with Crippen molar-refractivity contribution >= 4 is 112 Å². The smallest absolute Gasteiger partial charge is 0.220 e. The minimum Gasteiger partial charge on any atom is -0.318 e. The molecule has 6 heteroatoms. The first-order valence-corrected chi connectivity index (χ1v) is 26.3. The summed E-state index contributed by atoms with van der Waals surface area (Å²) in [6.45, 7) is 9.42. The zero-order valence-corrected chi connectivity index (χ0v) is 41.2. The minimum atomic E-state index is 0.414. The van der Waals surface area contributed by atoms with Crippen LogP contribution in [0.5, 0.6) is 0 Å². The fourth-order valence-electron chi connectivity index (χ4n) is 11.9. The Kier molecular flexibility index (Phi) is 9.40. The molecule has 0 amide bonds. The Morgan fingerprint density at radius 2 is 0.784 bits per heavy atom. The highest BCUT2D eigenvalue weighted by molar-refractivity contribution is 7.27. The highest BCUT2D eigenvalue weighted by Crippen LogP contribution is 2.57. The second-order valence-electron chi connectivity index (χ2n) is 18.8. The SMILES string of the molecule is [C-]#[N+]c1c(-c2ccccc2)c(C#N)c(-n2c3c4sc5ccccc5c4cc(-c4ccccc4)c3c3c(-c4ccccc4)cc4c5ccccc5sc4c32)c(-c2ccccc2)c1-n1c2ccccc2c2ccccc21. The van der Waals surface area contributed by atoms with Crippen LogP contribution in [0.25, 0.3) is 145 Å². The van der Waals surface area contributed by atoms with Gasteiger partial charge in [-0.3, -0.25) is 0 Å². The number of nitrogens with zero attached hydrogens (tertiary/aromatic N) is 4. The van der Waals surface area contributed by atoms with E-state index in [4.69, 9.17) is 0 Å². The zero-order chi connectivity index (χ0) is 49.0. The van der Waals surface area contributed by atoms with Gasteiger partial charge in [0.1, 0.15) is 6.07 Å². The molecule has 342 valence electrons. The third-order valence-electron chi connectivity index (χ3n) is 15.0. The van der Waals surface area contributed by atoms with E-state index < -0.39 is 0 Å². The van der Waals surface area contributed by atoms with Crippen LogP contribution in [0.3, 0.4) is 0 Å². The van der Waals surface area contributed by atoms with E-state index in [0.717, 1.165) is 114 Å². The second-order valence-corrected chi connectivity index (χ2v) is 20.9. The number of aromatic nitrogens is 2. The zero-order valence-electron chi connectivity index (χ0n) is 39.5. The Bertz CT molecular complexity index is 4670. The van der Waals surface area contributed by atoms with Crippen LogP contribution in [0.15, 0.2) is 231 Å². The topological polar surface area (TPSA) is 38.0 Å². The van der Waals surface area contributed by atoms with Crippen molar-refractivity contribution in [2.75, 3.05) is 0 Å². The van der Waals surface area contributed by atoms with Crippen molar-refractivity contribution < 1.29 is 0 Å². The molecule has 74 heavy (non-hydrogen) atoms. The fraction of sp³-hybridized carbons (Fsp3) is 0. The summed E-state index contributed by atoms with van der Waals surface area (Å²) in [5, 5.41) is 21.5. The van der Waals surface area contributed by atoms with Crippen molar-refractivity contribution in [1.82, 2.24) is 9.13 Å². The Morgan fingerprint density at radius 3 is 1.23 bits per heavy atom. The van der Waals surface area contributed by atoms with E-state index in [1.807, 2.05) is 36.4 Å². The van der Waals surface area contributed by atoms with Crippen LogP contribution in [0, 0.1) is 17.9 Å². The predicted molar refractivity (Wildman–Crippen MR) is 314 cm³/mol. The number of hydrogen-bond acceptors (Lipinski definition) is 3. The van der Waals surface area contributed by atoms with Crippen molar-refractivity contribution in [3.8, 4) is 62.0 Å². The van der Waals surface area contributed by atoms with E-state index in [0.29, 0.717) is 16.8 Å². The molecule has 4 nitrogen and oxygen atoms in total. The van der Waals surface area contributed by atoms with Gasteiger partial charge in [-0.05, 0) is 69.8 Å². The molecule has 0 unspecified atom stereocenters. The van der Waals surface area contributed by atoms with Gasteiger partial charge in [0.2, 0.25) is 5.69 Å². The lowest BCUT2D eigenvalue weighted by molar-refractivity contribution is 1.14. The number of thiophene rings is 2. The van der Waals surface area contributed by atoms with Gasteiger partial charge in [-0.2, -0.15) is 5.26 Å². The fourth-order valence-corrected chi connectivity index (χ4v) is 14.4. The summed E-state index contributed by atoms with van der Waals surface area (Å²) in [6.07, 6.45) is 0. The van der Waals surface area contributed by atoms with Crippen LogP contribution >= 0.6 is 22.7 Å². The minimum absolute atomic E-state index is 0.414. The first-order chi connectivity index (χ1) is 36.7. The van der Waals surface area contributed by atoms with E-state index in [1.54, 1.807) is 22.7 Å². The lowest BCUT2D eigenvalue weighted by atomic mass is 9.88. The average molecular weight is 975 g/mol. The summed E-state index contributed by atoms with van der Waals surface area (Å²) in [5.74, 6) is 0. The summed E-state index contributed by atoms with van der Waals surface area (Å²) in [7, 11) is 0. The third kappa shape index (κ3) is 5.99. The van der Waals surface area contributed by atoms with Gasteiger partial charge in [0.15, 0.2) is 0 Å². The van der Waals surface area contributed by atoms with Gasteiger partial charge in [0, 0.05) is 63.6 Å². The van der Waals surface area contributed by atoms with Gasteiger partial charge in [-0.15, -0.1) is 22.7 Å². The Hall–Kier alpha value is -9.56. The standard InChI is InChI=1S/C68H38N4S2/c1-70-62-58(43-26-10-4-11-27-43)53(40-69)63(59(44-28-12-5-13-29-44)64(62)71-54-34-18-14-30-45(54)46-31-15-19-35-55(46)71)72-65-60(49(41-22-6-2-7-23-41)38-51-47-32-16-20-36-56(47)73-67(51)65)61-50(42-24-8-3-9-25-42)39-52-48-33-17-21-37-57(48)74-68(52)66(61)72/h2-39H. The molecule has 0 bridgehead atoms. The lowest BCUT2D eigenvalue weighted by Gasteiger charge is -2.26. The largest absolute Gasteiger partial charge is 0.318 e. The molecule has 0 aliphatic heterocycles. The number of benzene rings is 11. The Labute approximate surface area is 433 Å². The molecule has 15 rings (SSSR count). The summed E-state index contributed by atoms with van der Waals surface area (Å²) < 4.78 is 9.43. The van der Waals surface area contributed by atoms with E-state index in [1.165, 1.54) is 20.2 Å². The maximum absolute atomic E-state index is 12.4. The Balaban J connectivity index is 1.32. The first-order valence-electron chi connectivity index (χ1n) is 24.7. The van der Waals surface area contributed by atoms with E-state index in [2.05, 4.69) is 214 Å². The highest BCUT2D eigenvalue weighted by Gasteiger charge is 2.34. The number of nitriles is 1. The van der Waals surface area contributed by atoms with Gasteiger partial charge >= 0.3 is 0 Å². The maximum Gasteiger partial charge on any atom is 0.220 e. The monoisotopic (exact) mass is 974 g/mol. The molecular weight excluding hydrogens is 937 g/mol. The molecule has 0 spiro atoms. The van der Waals surface area contributed by atoms with Crippen LogP contribution in [0.4, 0.5) is 5.69 Å². The van der Waals surface area contributed by atoms with E-state index >= 15 is 0 Å². The molecule has 0 aliphatic rings. The van der Waals surface area contributed by atoms with Crippen molar-refractivity contribution in [3.63, 3.8) is 0 Å². The number of hydrogen-bond donors (Lipinski definition) is 0. The molecule has 0 saturated heterocycles.